The van der Waals surface area contributed by atoms with Crippen LogP contribution in [-0.4, -0.2) is 37.2 Å². The van der Waals surface area contributed by atoms with E-state index in [1.165, 1.54) is 33.0 Å². The van der Waals surface area contributed by atoms with Gasteiger partial charge in [-0.05, 0) is 38.0 Å². The molecule has 0 fully saturated rings. The van der Waals surface area contributed by atoms with Crippen molar-refractivity contribution in [2.45, 2.75) is 51.6 Å². The normalized spacial score (nSPS) is 11.9. The number of ether oxygens (including phenoxy) is 2. The van der Waals surface area contributed by atoms with Crippen molar-refractivity contribution < 1.29 is 32.5 Å². The average Bonchev–Trinajstić information content (AvgIpc) is 2.66. The van der Waals surface area contributed by atoms with Gasteiger partial charge in [0.1, 0.15) is 12.4 Å². The van der Waals surface area contributed by atoms with E-state index < -0.39 is 54.3 Å². The van der Waals surface area contributed by atoms with Crippen molar-refractivity contribution in [3.8, 4) is 11.6 Å². The van der Waals surface area contributed by atoms with Crippen molar-refractivity contribution >= 4 is 5.97 Å². The fourth-order valence-corrected chi connectivity index (χ4v) is 2.47. The summed E-state index contributed by atoms with van der Waals surface area (Å²) in [6.07, 6.45) is -5.96. The number of carbonyl (C=O) groups is 1. The SMILES string of the molecule is Cn1nc(OCc2ccc(OC(C)(C)C(=O)O)cc2)c(=O)n(CCCC(F)(F)F)c1=O. The van der Waals surface area contributed by atoms with Crippen LogP contribution < -0.4 is 20.7 Å². The topological polar surface area (TPSA) is 113 Å². The molecular weight excluding hydrogens is 423 g/mol. The van der Waals surface area contributed by atoms with Gasteiger partial charge < -0.3 is 14.6 Å². The summed E-state index contributed by atoms with van der Waals surface area (Å²) >= 11 is 0. The molecule has 0 radical (unpaired) electrons. The van der Waals surface area contributed by atoms with Gasteiger partial charge in [-0.15, -0.1) is 5.10 Å². The first-order chi connectivity index (χ1) is 14.3. The van der Waals surface area contributed by atoms with Gasteiger partial charge in [0, 0.05) is 20.0 Å². The van der Waals surface area contributed by atoms with E-state index in [1.807, 2.05) is 0 Å². The van der Waals surface area contributed by atoms with Gasteiger partial charge in [0.25, 0.3) is 5.88 Å². The van der Waals surface area contributed by atoms with Crippen LogP contribution in [0.2, 0.25) is 0 Å². The number of aryl methyl sites for hydroxylation is 1. The van der Waals surface area contributed by atoms with Crippen LogP contribution in [0.25, 0.3) is 0 Å². The van der Waals surface area contributed by atoms with Gasteiger partial charge in [-0.1, -0.05) is 12.1 Å². The Kier molecular flexibility index (Phi) is 7.13. The number of nitrogens with zero attached hydrogens (tertiary/aromatic N) is 3. The Morgan fingerprint density at radius 1 is 1.16 bits per heavy atom. The minimum atomic E-state index is -4.39. The van der Waals surface area contributed by atoms with Crippen LogP contribution in [0.15, 0.2) is 33.9 Å². The number of halogens is 3. The van der Waals surface area contributed by atoms with Gasteiger partial charge in [0.15, 0.2) is 5.60 Å². The number of hydrogen-bond donors (Lipinski definition) is 1. The quantitative estimate of drug-likeness (QED) is 0.629. The summed E-state index contributed by atoms with van der Waals surface area (Å²) in [6, 6.07) is 6.20. The lowest BCUT2D eigenvalue weighted by Gasteiger charge is -2.21. The fourth-order valence-electron chi connectivity index (χ4n) is 2.47. The highest BCUT2D eigenvalue weighted by atomic mass is 19.4. The van der Waals surface area contributed by atoms with E-state index in [0.29, 0.717) is 15.9 Å². The van der Waals surface area contributed by atoms with Crippen molar-refractivity contribution in [2.75, 3.05) is 0 Å². The number of alkyl halides is 3. The van der Waals surface area contributed by atoms with Crippen molar-refractivity contribution in [3.63, 3.8) is 0 Å². The molecule has 0 aliphatic heterocycles. The second kappa shape index (κ2) is 9.23. The number of carboxylic acid groups (broad SMARTS) is 1. The minimum absolute atomic E-state index is 0.119. The highest BCUT2D eigenvalue weighted by Gasteiger charge is 2.29. The Balaban J connectivity index is 2.10. The number of aliphatic carboxylic acids is 1. The van der Waals surface area contributed by atoms with E-state index in [-0.39, 0.29) is 6.61 Å². The number of rotatable bonds is 9. The lowest BCUT2D eigenvalue weighted by Crippen LogP contribution is -2.41. The average molecular weight is 445 g/mol. The molecule has 2 aromatic rings. The Bertz CT molecular complexity index is 1040. The summed E-state index contributed by atoms with van der Waals surface area (Å²) in [7, 11) is 1.26. The fraction of sp³-hybridized carbons (Fsp3) is 0.474. The van der Waals surface area contributed by atoms with Crippen molar-refractivity contribution in [2.24, 2.45) is 7.05 Å². The van der Waals surface area contributed by atoms with Gasteiger partial charge >= 0.3 is 23.4 Å². The van der Waals surface area contributed by atoms with Crippen molar-refractivity contribution in [3.05, 3.63) is 50.7 Å². The van der Waals surface area contributed by atoms with Gasteiger partial charge in [-0.3, -0.25) is 9.36 Å². The zero-order chi connectivity index (χ0) is 23.4. The monoisotopic (exact) mass is 445 g/mol. The van der Waals surface area contributed by atoms with E-state index in [0.717, 1.165) is 4.68 Å². The lowest BCUT2D eigenvalue weighted by atomic mass is 10.1. The molecule has 0 atom stereocenters. The van der Waals surface area contributed by atoms with E-state index in [1.54, 1.807) is 12.1 Å². The van der Waals surface area contributed by atoms with Crippen LogP contribution in [0, 0.1) is 0 Å². The standard InChI is InChI=1S/C19H22F3N3O6/c1-18(2,16(27)28)31-13-7-5-12(6-8-13)11-30-14-15(26)25(17(29)24(3)23-14)10-4-9-19(20,21)22/h5-8H,4,9-11H2,1-3H3,(H,27,28). The zero-order valence-electron chi connectivity index (χ0n) is 17.1. The van der Waals surface area contributed by atoms with E-state index in [4.69, 9.17) is 14.6 Å². The third-order valence-corrected chi connectivity index (χ3v) is 4.21. The summed E-state index contributed by atoms with van der Waals surface area (Å²) in [5.41, 5.74) is -2.61. The molecule has 31 heavy (non-hydrogen) atoms. The smallest absolute Gasteiger partial charge is 0.389 e. The molecule has 0 bridgehead atoms. The molecule has 1 aromatic carbocycles. The molecule has 1 heterocycles. The predicted octanol–water partition coefficient (Wildman–Crippen LogP) is 2.11. The predicted molar refractivity (Wildman–Crippen MR) is 102 cm³/mol. The molecule has 9 nitrogen and oxygen atoms in total. The second-order valence-electron chi connectivity index (χ2n) is 7.24. The van der Waals surface area contributed by atoms with E-state index in [9.17, 15) is 27.6 Å². The maximum absolute atomic E-state index is 12.4. The molecule has 170 valence electrons. The maximum Gasteiger partial charge on any atom is 0.389 e. The molecule has 0 spiro atoms. The highest BCUT2D eigenvalue weighted by molar-refractivity contribution is 5.76. The Morgan fingerprint density at radius 3 is 2.32 bits per heavy atom. The summed E-state index contributed by atoms with van der Waals surface area (Å²) in [4.78, 5) is 35.6. The van der Waals surface area contributed by atoms with Crippen LogP contribution in [0.5, 0.6) is 11.6 Å². The van der Waals surface area contributed by atoms with E-state index >= 15 is 0 Å². The molecular formula is C19H22F3N3O6. The van der Waals surface area contributed by atoms with Crippen LogP contribution >= 0.6 is 0 Å². The molecule has 0 aliphatic rings. The first-order valence-electron chi connectivity index (χ1n) is 9.19. The van der Waals surface area contributed by atoms with Gasteiger partial charge in [-0.2, -0.15) is 13.2 Å². The Morgan fingerprint density at radius 2 is 1.77 bits per heavy atom. The third-order valence-electron chi connectivity index (χ3n) is 4.21. The molecule has 0 amide bonds. The number of carboxylic acids is 1. The summed E-state index contributed by atoms with van der Waals surface area (Å²) in [5, 5.41) is 12.8. The Hall–Kier alpha value is -3.31. The largest absolute Gasteiger partial charge is 0.478 e. The molecule has 0 unspecified atom stereocenters. The first kappa shape index (κ1) is 24.0. The second-order valence-corrected chi connectivity index (χ2v) is 7.24. The summed E-state index contributed by atoms with van der Waals surface area (Å²) in [6.45, 7) is 2.26. The van der Waals surface area contributed by atoms with Crippen molar-refractivity contribution in [1.29, 1.82) is 0 Å². The van der Waals surface area contributed by atoms with Crippen LogP contribution in [0.3, 0.4) is 0 Å². The highest BCUT2D eigenvalue weighted by Crippen LogP contribution is 2.21. The molecule has 1 N–H and O–H groups in total. The molecule has 0 aliphatic carbocycles. The molecule has 0 saturated heterocycles. The third kappa shape index (κ3) is 6.59. The first-order valence-corrected chi connectivity index (χ1v) is 9.19. The number of benzene rings is 1. The van der Waals surface area contributed by atoms with Crippen LogP contribution in [0.1, 0.15) is 32.3 Å². The maximum atomic E-state index is 12.4. The summed E-state index contributed by atoms with van der Waals surface area (Å²) in [5.74, 6) is -1.25. The molecule has 0 saturated carbocycles. The van der Waals surface area contributed by atoms with E-state index in [2.05, 4.69) is 5.10 Å². The number of aromatic nitrogens is 3. The lowest BCUT2D eigenvalue weighted by molar-refractivity contribution is -0.152. The zero-order valence-corrected chi connectivity index (χ0v) is 17.1. The summed E-state index contributed by atoms with van der Waals surface area (Å²) < 4.78 is 49.2. The Labute approximate surface area is 174 Å². The molecule has 12 heteroatoms. The van der Waals surface area contributed by atoms with Gasteiger partial charge in [-0.25, -0.2) is 14.3 Å². The number of hydrogen-bond acceptors (Lipinski definition) is 6. The van der Waals surface area contributed by atoms with Crippen LogP contribution in [0.4, 0.5) is 13.2 Å². The molecule has 2 rings (SSSR count). The van der Waals surface area contributed by atoms with Gasteiger partial charge in [0.05, 0.1) is 0 Å². The van der Waals surface area contributed by atoms with Crippen molar-refractivity contribution in [1.82, 2.24) is 14.3 Å². The van der Waals surface area contributed by atoms with Crippen LogP contribution in [-0.2, 0) is 25.0 Å². The van der Waals surface area contributed by atoms with Gasteiger partial charge in [0.2, 0.25) is 0 Å². The minimum Gasteiger partial charge on any atom is -0.478 e. The molecule has 1 aromatic heterocycles.